The molecular formula is C11H7F6. The molecule has 0 bridgehead atoms. The predicted molar refractivity (Wildman–Crippen MR) is 47.3 cm³/mol. The zero-order valence-electron chi connectivity index (χ0n) is 8.41. The van der Waals surface area contributed by atoms with Gasteiger partial charge in [-0.05, 0) is 36.5 Å². The summed E-state index contributed by atoms with van der Waals surface area (Å²) in [5, 5.41) is 0. The van der Waals surface area contributed by atoms with Crippen LogP contribution < -0.4 is 0 Å². The van der Waals surface area contributed by atoms with E-state index in [2.05, 4.69) is 0 Å². The Hall–Kier alpha value is -1.20. The minimum absolute atomic E-state index is 0.100. The van der Waals surface area contributed by atoms with Crippen molar-refractivity contribution in [2.24, 2.45) is 0 Å². The molecule has 0 saturated heterocycles. The Morgan fingerprint density at radius 2 is 1.29 bits per heavy atom. The molecule has 2 rings (SSSR count). The molecule has 0 atom stereocenters. The smallest absolute Gasteiger partial charge is 0.166 e. The average molecular weight is 253 g/mol. The maximum Gasteiger partial charge on any atom is 0.417 e. The van der Waals surface area contributed by atoms with E-state index in [4.69, 9.17) is 0 Å². The lowest BCUT2D eigenvalue weighted by Crippen LogP contribution is -2.12. The summed E-state index contributed by atoms with van der Waals surface area (Å²) in [5.74, 6) is -0.174. The number of rotatable bonds is 1. The lowest BCUT2D eigenvalue weighted by Gasteiger charge is -2.13. The van der Waals surface area contributed by atoms with E-state index in [0.717, 1.165) is 12.1 Å². The lowest BCUT2D eigenvalue weighted by molar-refractivity contribution is -0.143. The van der Waals surface area contributed by atoms with E-state index < -0.39 is 23.5 Å². The van der Waals surface area contributed by atoms with Crippen LogP contribution in [-0.2, 0) is 12.4 Å². The molecule has 0 amide bonds. The van der Waals surface area contributed by atoms with Gasteiger partial charge in [-0.3, -0.25) is 0 Å². The quantitative estimate of drug-likeness (QED) is 0.650. The van der Waals surface area contributed by atoms with Crippen LogP contribution in [0.2, 0.25) is 0 Å². The highest BCUT2D eigenvalue weighted by molar-refractivity contribution is 5.36. The molecule has 17 heavy (non-hydrogen) atoms. The molecule has 1 saturated carbocycles. The van der Waals surface area contributed by atoms with Crippen molar-refractivity contribution in [2.45, 2.75) is 31.1 Å². The Balaban J connectivity index is 2.50. The van der Waals surface area contributed by atoms with Gasteiger partial charge in [-0.2, -0.15) is 26.3 Å². The summed E-state index contributed by atoms with van der Waals surface area (Å²) in [6, 6.07) is 2.91. The van der Waals surface area contributed by atoms with Crippen molar-refractivity contribution in [1.82, 2.24) is 0 Å². The third kappa shape index (κ3) is 2.73. The monoisotopic (exact) mass is 253 g/mol. The van der Waals surface area contributed by atoms with Crippen LogP contribution in [0.3, 0.4) is 0 Å². The molecule has 0 N–H and O–H groups in total. The molecule has 1 aliphatic rings. The van der Waals surface area contributed by atoms with Gasteiger partial charge in [0, 0.05) is 6.07 Å². The van der Waals surface area contributed by atoms with Gasteiger partial charge in [0.1, 0.15) is 0 Å². The third-order valence-electron chi connectivity index (χ3n) is 2.55. The largest absolute Gasteiger partial charge is 0.417 e. The van der Waals surface area contributed by atoms with Crippen LogP contribution in [0.15, 0.2) is 12.1 Å². The normalized spacial score (nSPS) is 17.3. The Morgan fingerprint density at radius 1 is 0.882 bits per heavy atom. The average Bonchev–Trinajstić information content (AvgIpc) is 2.97. The van der Waals surface area contributed by atoms with E-state index >= 15 is 0 Å². The van der Waals surface area contributed by atoms with E-state index in [1.165, 1.54) is 6.07 Å². The molecule has 1 aliphatic carbocycles. The van der Waals surface area contributed by atoms with Crippen molar-refractivity contribution in [3.05, 3.63) is 34.9 Å². The molecule has 0 aromatic heterocycles. The summed E-state index contributed by atoms with van der Waals surface area (Å²) in [7, 11) is 0. The van der Waals surface area contributed by atoms with Gasteiger partial charge in [0.2, 0.25) is 0 Å². The summed E-state index contributed by atoms with van der Waals surface area (Å²) in [5.41, 5.74) is -2.60. The van der Waals surface area contributed by atoms with Gasteiger partial charge in [0.05, 0.1) is 11.1 Å². The van der Waals surface area contributed by atoms with E-state index in [-0.39, 0.29) is 11.5 Å². The van der Waals surface area contributed by atoms with Crippen molar-refractivity contribution >= 4 is 0 Å². The molecule has 0 nitrogen and oxygen atoms in total. The fourth-order valence-corrected chi connectivity index (χ4v) is 1.55. The van der Waals surface area contributed by atoms with Gasteiger partial charge in [0.15, 0.2) is 0 Å². The summed E-state index contributed by atoms with van der Waals surface area (Å²) in [6.45, 7) is 0. The summed E-state index contributed by atoms with van der Waals surface area (Å²) in [6.07, 6.45) is -8.33. The zero-order valence-corrected chi connectivity index (χ0v) is 8.41. The second-order valence-corrected chi connectivity index (χ2v) is 4.01. The molecule has 1 aromatic rings. The van der Waals surface area contributed by atoms with Crippen molar-refractivity contribution in [2.75, 3.05) is 0 Å². The second-order valence-electron chi connectivity index (χ2n) is 4.01. The molecule has 93 valence electrons. The van der Waals surface area contributed by atoms with Gasteiger partial charge >= 0.3 is 12.4 Å². The molecular weight excluding hydrogens is 246 g/mol. The Morgan fingerprint density at radius 3 is 1.59 bits per heavy atom. The first-order valence-electron chi connectivity index (χ1n) is 4.89. The number of alkyl halides is 6. The second kappa shape index (κ2) is 3.65. The Labute approximate surface area is 93.2 Å². The Bertz CT molecular complexity index is 392. The van der Waals surface area contributed by atoms with Crippen molar-refractivity contribution in [3.8, 4) is 0 Å². The Kier molecular flexibility index (Phi) is 2.63. The molecule has 0 aliphatic heterocycles. The first-order valence-corrected chi connectivity index (χ1v) is 4.89. The number of halogens is 6. The van der Waals surface area contributed by atoms with Crippen LogP contribution in [0.4, 0.5) is 26.3 Å². The van der Waals surface area contributed by atoms with E-state index in [1.807, 2.05) is 0 Å². The van der Waals surface area contributed by atoms with Gasteiger partial charge in [0.25, 0.3) is 0 Å². The maximum absolute atomic E-state index is 12.4. The van der Waals surface area contributed by atoms with Crippen LogP contribution in [0, 0.1) is 6.07 Å². The summed E-state index contributed by atoms with van der Waals surface area (Å²) >= 11 is 0. The number of hydrogen-bond acceptors (Lipinski definition) is 0. The van der Waals surface area contributed by atoms with E-state index in [1.54, 1.807) is 0 Å². The van der Waals surface area contributed by atoms with Gasteiger partial charge in [-0.15, -0.1) is 0 Å². The summed E-state index contributed by atoms with van der Waals surface area (Å²) in [4.78, 5) is 0. The standard InChI is InChI=1S/C11H7F6/c12-10(13,14)8-3-7(6-1-2-6)4-9(5-8)11(15,16)17/h3-4,6H,1-2H2. The van der Waals surface area contributed by atoms with E-state index in [0.29, 0.717) is 12.8 Å². The van der Waals surface area contributed by atoms with Crippen molar-refractivity contribution in [1.29, 1.82) is 0 Å². The SMILES string of the molecule is FC(F)(F)c1[c]c(C(F)(F)F)cc(C2CC2)c1. The fraction of sp³-hybridized carbons (Fsp3) is 0.455. The number of hydrogen-bond donors (Lipinski definition) is 0. The highest BCUT2D eigenvalue weighted by Crippen LogP contribution is 2.44. The zero-order chi connectivity index (χ0) is 12.8. The minimum atomic E-state index is -4.80. The van der Waals surface area contributed by atoms with Gasteiger partial charge < -0.3 is 0 Å². The topological polar surface area (TPSA) is 0 Å². The highest BCUT2D eigenvalue weighted by Gasteiger charge is 2.38. The van der Waals surface area contributed by atoms with Gasteiger partial charge in [-0.25, -0.2) is 0 Å². The highest BCUT2D eigenvalue weighted by atomic mass is 19.4. The molecule has 6 heteroatoms. The van der Waals surface area contributed by atoms with Crippen LogP contribution >= 0.6 is 0 Å². The maximum atomic E-state index is 12.4. The molecule has 1 fully saturated rings. The van der Waals surface area contributed by atoms with Crippen molar-refractivity contribution in [3.63, 3.8) is 0 Å². The van der Waals surface area contributed by atoms with Gasteiger partial charge in [-0.1, -0.05) is 0 Å². The van der Waals surface area contributed by atoms with E-state index in [9.17, 15) is 26.3 Å². The van der Waals surface area contributed by atoms with Crippen LogP contribution in [0.5, 0.6) is 0 Å². The van der Waals surface area contributed by atoms with Crippen LogP contribution in [0.1, 0.15) is 35.4 Å². The molecule has 0 spiro atoms. The first-order chi connectivity index (χ1) is 7.68. The summed E-state index contributed by atoms with van der Waals surface area (Å²) < 4.78 is 74.5. The van der Waals surface area contributed by atoms with Crippen LogP contribution in [-0.4, -0.2) is 0 Å². The van der Waals surface area contributed by atoms with Crippen LogP contribution in [0.25, 0.3) is 0 Å². The van der Waals surface area contributed by atoms with Crippen molar-refractivity contribution < 1.29 is 26.3 Å². The number of benzene rings is 1. The third-order valence-corrected chi connectivity index (χ3v) is 2.55. The molecule has 0 heterocycles. The fourth-order valence-electron chi connectivity index (χ4n) is 1.55. The predicted octanol–water partition coefficient (Wildman–Crippen LogP) is 4.40. The first kappa shape index (κ1) is 12.3. The molecule has 1 aromatic carbocycles. The molecule has 1 radical (unpaired) electrons. The molecule has 0 unspecified atom stereocenters. The lowest BCUT2D eigenvalue weighted by atomic mass is 10.0. The minimum Gasteiger partial charge on any atom is -0.166 e.